The summed E-state index contributed by atoms with van der Waals surface area (Å²) >= 11 is 0. The van der Waals surface area contributed by atoms with Crippen LogP contribution in [0.15, 0.2) is 144 Å². The van der Waals surface area contributed by atoms with Crippen molar-refractivity contribution in [3.63, 3.8) is 0 Å². The first-order chi connectivity index (χ1) is 19.9. The monoisotopic (exact) mass is 558 g/mol. The number of fused-ring (bicyclic) bond motifs is 1. The third kappa shape index (κ3) is 5.44. The number of sulfonamides is 1. The molecule has 1 fully saturated rings. The summed E-state index contributed by atoms with van der Waals surface area (Å²) in [7, 11) is -3.83. The van der Waals surface area contributed by atoms with E-state index in [2.05, 4.69) is 6.07 Å². The van der Waals surface area contributed by atoms with E-state index in [-0.39, 0.29) is 17.3 Å². The number of hydrogen-bond donors (Lipinski definition) is 0. The second-order valence-corrected chi connectivity index (χ2v) is 12.2. The van der Waals surface area contributed by atoms with E-state index in [0.29, 0.717) is 6.42 Å². The van der Waals surface area contributed by atoms with Gasteiger partial charge in [0.15, 0.2) is 0 Å². The average Bonchev–Trinajstić information content (AvgIpc) is 3.43. The highest BCUT2D eigenvalue weighted by atomic mass is 32.2. The van der Waals surface area contributed by atoms with Crippen molar-refractivity contribution in [1.82, 2.24) is 4.31 Å². The van der Waals surface area contributed by atoms with Gasteiger partial charge in [-0.25, -0.2) is 8.42 Å². The van der Waals surface area contributed by atoms with Gasteiger partial charge < -0.3 is 0 Å². The predicted octanol–water partition coefficient (Wildman–Crippen LogP) is 7.58. The molecule has 1 amide bonds. The zero-order chi connectivity index (χ0) is 28.4. The molecule has 5 aromatic rings. The minimum Gasteiger partial charge on any atom is -0.278 e. The highest BCUT2D eigenvalue weighted by Gasteiger charge is 2.39. The molecule has 0 radical (unpaired) electrons. The first-order valence-corrected chi connectivity index (χ1v) is 15.0. The van der Waals surface area contributed by atoms with Gasteiger partial charge in [-0.1, -0.05) is 90.5 Å². The number of para-hydroxylation sites is 2. The van der Waals surface area contributed by atoms with Crippen molar-refractivity contribution in [2.45, 2.75) is 24.3 Å². The van der Waals surface area contributed by atoms with Crippen LogP contribution in [-0.4, -0.2) is 25.2 Å². The standard InChI is InChI=1S/C35H30N2O3S/c1-26-16-20-33(21-17-26)41(39,40)36-25-27(22-34(36)30-19-18-28-10-8-9-11-29(28)24-30)23-35(38)37(31-12-4-2-5-13-31)32-14-6-3-7-15-32/h2-21,23-24,34H,22,25H2,1H3/b27-23-. The summed E-state index contributed by atoms with van der Waals surface area (Å²) in [6.45, 7) is 2.07. The maximum absolute atomic E-state index is 14.0. The minimum atomic E-state index is -3.83. The van der Waals surface area contributed by atoms with Crippen LogP contribution in [0.4, 0.5) is 11.4 Å². The molecule has 0 N–H and O–H groups in total. The fraction of sp³-hybridized carbons (Fsp3) is 0.114. The minimum absolute atomic E-state index is 0.136. The molecule has 0 spiro atoms. The van der Waals surface area contributed by atoms with E-state index in [4.69, 9.17) is 0 Å². The molecule has 1 saturated heterocycles. The molecule has 1 aliphatic rings. The van der Waals surface area contributed by atoms with E-state index in [9.17, 15) is 13.2 Å². The SMILES string of the molecule is Cc1ccc(S(=O)(=O)N2C/C(=C\C(=O)N(c3ccccc3)c3ccccc3)CC2c2ccc3ccccc3c2)cc1. The highest BCUT2D eigenvalue weighted by Crippen LogP contribution is 2.40. The molecular weight excluding hydrogens is 528 g/mol. The van der Waals surface area contributed by atoms with Crippen LogP contribution < -0.4 is 4.90 Å². The smallest absolute Gasteiger partial charge is 0.255 e. The largest absolute Gasteiger partial charge is 0.278 e. The quantitative estimate of drug-likeness (QED) is 0.202. The number of carbonyl (C=O) groups is 1. The van der Waals surface area contributed by atoms with Crippen molar-refractivity contribution < 1.29 is 13.2 Å². The maximum atomic E-state index is 14.0. The zero-order valence-corrected chi connectivity index (χ0v) is 23.5. The number of aryl methyl sites for hydroxylation is 1. The van der Waals surface area contributed by atoms with Gasteiger partial charge in [0.05, 0.1) is 10.9 Å². The molecule has 0 bridgehead atoms. The molecule has 204 valence electrons. The Morgan fingerprint density at radius 1 is 0.756 bits per heavy atom. The van der Waals surface area contributed by atoms with Crippen LogP contribution in [-0.2, 0) is 14.8 Å². The lowest BCUT2D eigenvalue weighted by molar-refractivity contribution is -0.113. The second kappa shape index (κ2) is 11.2. The number of hydrogen-bond acceptors (Lipinski definition) is 3. The van der Waals surface area contributed by atoms with Crippen molar-refractivity contribution in [1.29, 1.82) is 0 Å². The number of carbonyl (C=O) groups excluding carboxylic acids is 1. The van der Waals surface area contributed by atoms with Crippen molar-refractivity contribution in [3.05, 3.63) is 150 Å². The van der Waals surface area contributed by atoms with Crippen LogP contribution in [0.25, 0.3) is 10.8 Å². The molecule has 1 heterocycles. The Bertz CT molecular complexity index is 1790. The van der Waals surface area contributed by atoms with Gasteiger partial charge in [0, 0.05) is 24.0 Å². The van der Waals surface area contributed by atoms with E-state index < -0.39 is 16.1 Å². The Hall–Kier alpha value is -4.52. The van der Waals surface area contributed by atoms with Crippen molar-refractivity contribution in [2.24, 2.45) is 0 Å². The van der Waals surface area contributed by atoms with E-state index >= 15 is 0 Å². The van der Waals surface area contributed by atoms with Gasteiger partial charge >= 0.3 is 0 Å². The van der Waals surface area contributed by atoms with Gasteiger partial charge in [-0.3, -0.25) is 9.69 Å². The molecule has 1 unspecified atom stereocenters. The second-order valence-electron chi connectivity index (χ2n) is 10.3. The first kappa shape index (κ1) is 26.7. The normalized spacial score (nSPS) is 16.7. The maximum Gasteiger partial charge on any atom is 0.255 e. The summed E-state index contributed by atoms with van der Waals surface area (Å²) in [4.78, 5) is 15.8. The molecule has 0 aliphatic carbocycles. The molecule has 1 aliphatic heterocycles. The summed E-state index contributed by atoms with van der Waals surface area (Å²) in [6.07, 6.45) is 2.03. The number of amides is 1. The van der Waals surface area contributed by atoms with E-state index in [1.807, 2.05) is 116 Å². The molecule has 41 heavy (non-hydrogen) atoms. The Kier molecular flexibility index (Phi) is 7.26. The molecule has 1 atom stereocenters. The van der Waals surface area contributed by atoms with Gasteiger partial charge in [-0.05, 0) is 77.7 Å². The fourth-order valence-electron chi connectivity index (χ4n) is 5.42. The van der Waals surface area contributed by atoms with Gasteiger partial charge in [-0.15, -0.1) is 0 Å². The van der Waals surface area contributed by atoms with Crippen molar-refractivity contribution in [2.75, 3.05) is 11.4 Å². The average molecular weight is 559 g/mol. The lowest BCUT2D eigenvalue weighted by Crippen LogP contribution is -2.31. The van der Waals surface area contributed by atoms with Gasteiger partial charge in [-0.2, -0.15) is 4.31 Å². The Labute approximate surface area is 241 Å². The highest BCUT2D eigenvalue weighted by molar-refractivity contribution is 7.89. The van der Waals surface area contributed by atoms with Crippen molar-refractivity contribution >= 4 is 38.1 Å². The van der Waals surface area contributed by atoms with Crippen molar-refractivity contribution in [3.8, 4) is 0 Å². The molecule has 5 nitrogen and oxygen atoms in total. The van der Waals surface area contributed by atoms with Gasteiger partial charge in [0.25, 0.3) is 5.91 Å². The van der Waals surface area contributed by atoms with Crippen LogP contribution >= 0.6 is 0 Å². The molecule has 5 aromatic carbocycles. The first-order valence-electron chi connectivity index (χ1n) is 13.6. The Morgan fingerprint density at radius 2 is 1.34 bits per heavy atom. The number of anilines is 2. The number of rotatable bonds is 6. The van der Waals surface area contributed by atoms with E-state index in [0.717, 1.165) is 38.8 Å². The van der Waals surface area contributed by atoms with Gasteiger partial charge in [0.1, 0.15) is 0 Å². The third-order valence-corrected chi connectivity index (χ3v) is 9.39. The topological polar surface area (TPSA) is 57.7 Å². The number of benzene rings is 5. The van der Waals surface area contributed by atoms with Crippen LogP contribution in [0, 0.1) is 6.92 Å². The lowest BCUT2D eigenvalue weighted by Gasteiger charge is -2.24. The predicted molar refractivity (Wildman–Crippen MR) is 164 cm³/mol. The summed E-state index contributed by atoms with van der Waals surface area (Å²) in [5.74, 6) is -0.218. The summed E-state index contributed by atoms with van der Waals surface area (Å²) in [5.41, 5.74) is 4.14. The summed E-state index contributed by atoms with van der Waals surface area (Å²) in [5, 5.41) is 2.14. The fourth-order valence-corrected chi connectivity index (χ4v) is 7.04. The summed E-state index contributed by atoms with van der Waals surface area (Å²) < 4.78 is 29.5. The molecule has 6 heteroatoms. The third-order valence-electron chi connectivity index (χ3n) is 7.52. The molecule has 0 aromatic heterocycles. The van der Waals surface area contributed by atoms with E-state index in [1.54, 1.807) is 23.1 Å². The van der Waals surface area contributed by atoms with Crippen LogP contribution in [0.1, 0.15) is 23.6 Å². The number of nitrogens with zero attached hydrogens (tertiary/aromatic N) is 2. The molecule has 6 rings (SSSR count). The van der Waals surface area contributed by atoms with Crippen LogP contribution in [0.5, 0.6) is 0 Å². The van der Waals surface area contributed by atoms with Crippen LogP contribution in [0.2, 0.25) is 0 Å². The Morgan fingerprint density at radius 3 is 1.98 bits per heavy atom. The van der Waals surface area contributed by atoms with Crippen LogP contribution in [0.3, 0.4) is 0 Å². The van der Waals surface area contributed by atoms with E-state index in [1.165, 1.54) is 4.31 Å². The molecule has 0 saturated carbocycles. The lowest BCUT2D eigenvalue weighted by atomic mass is 9.99. The zero-order valence-electron chi connectivity index (χ0n) is 22.7. The molecular formula is C35H30N2O3S. The van der Waals surface area contributed by atoms with Gasteiger partial charge in [0.2, 0.25) is 10.0 Å². The summed E-state index contributed by atoms with van der Waals surface area (Å²) in [6, 6.07) is 39.6. The Balaban J connectivity index is 1.41.